The van der Waals surface area contributed by atoms with Crippen molar-refractivity contribution in [2.45, 2.75) is 52.7 Å². The van der Waals surface area contributed by atoms with E-state index in [-0.39, 0.29) is 5.91 Å². The minimum absolute atomic E-state index is 0.0589. The van der Waals surface area contributed by atoms with Crippen molar-refractivity contribution in [3.05, 3.63) is 0 Å². The minimum Gasteiger partial charge on any atom is -0.381 e. The van der Waals surface area contributed by atoms with Crippen LogP contribution in [0, 0.1) is 5.92 Å². The van der Waals surface area contributed by atoms with Gasteiger partial charge in [0.15, 0.2) is 0 Å². The highest BCUT2D eigenvalue weighted by molar-refractivity contribution is 5.73. The molecule has 1 aliphatic carbocycles. The molecule has 1 aliphatic rings. The fourth-order valence-electron chi connectivity index (χ4n) is 1.85. The summed E-state index contributed by atoms with van der Waals surface area (Å²) in [4.78, 5) is 10.8. The van der Waals surface area contributed by atoms with Gasteiger partial charge in [-0.3, -0.25) is 4.79 Å². The lowest BCUT2D eigenvalue weighted by Gasteiger charge is -2.14. The molecule has 3 heteroatoms. The van der Waals surface area contributed by atoms with Gasteiger partial charge in [-0.25, -0.2) is 0 Å². The molecule has 1 saturated carbocycles. The summed E-state index contributed by atoms with van der Waals surface area (Å²) in [6.45, 7) is 7.71. The maximum absolute atomic E-state index is 10.8. The quantitative estimate of drug-likeness (QED) is 0.741. The molecule has 14 heavy (non-hydrogen) atoms. The van der Waals surface area contributed by atoms with Crippen LogP contribution in [-0.2, 0) is 9.53 Å². The van der Waals surface area contributed by atoms with Crippen molar-refractivity contribution < 1.29 is 9.53 Å². The van der Waals surface area contributed by atoms with E-state index in [1.165, 1.54) is 0 Å². The fraction of sp³-hybridized carbons (Fsp3) is 0.909. The molecule has 1 rings (SSSR count). The van der Waals surface area contributed by atoms with E-state index in [9.17, 15) is 4.79 Å². The third-order valence-electron chi connectivity index (χ3n) is 2.56. The normalized spacial score (nSPS) is 30.5. The molecule has 0 aromatic rings. The molecule has 0 unspecified atom stereocenters. The highest BCUT2D eigenvalue weighted by Crippen LogP contribution is 2.27. The molecule has 1 amide bonds. The monoisotopic (exact) mass is 201 g/mol. The summed E-state index contributed by atoms with van der Waals surface area (Å²) in [5, 5.41) is 2.94. The lowest BCUT2D eigenvalue weighted by molar-refractivity contribution is -0.119. The number of carbonyl (C=O) groups excluding carboxylic acids is 1. The Labute approximate surface area is 87.2 Å². The van der Waals surface area contributed by atoms with Gasteiger partial charge in [-0.15, -0.1) is 0 Å². The summed E-state index contributed by atoms with van der Waals surface area (Å²) in [7, 11) is 1.73. The van der Waals surface area contributed by atoms with Crippen LogP contribution in [-0.4, -0.2) is 25.2 Å². The van der Waals surface area contributed by atoms with E-state index in [4.69, 9.17) is 4.74 Å². The molecule has 0 bridgehead atoms. The van der Waals surface area contributed by atoms with Crippen molar-refractivity contribution in [2.75, 3.05) is 7.11 Å². The number of carbonyl (C=O) groups is 1. The lowest BCUT2D eigenvalue weighted by atomic mass is 10.1. The van der Waals surface area contributed by atoms with Gasteiger partial charge in [0.2, 0.25) is 5.91 Å². The molecule has 0 saturated heterocycles. The Balaban J connectivity index is 0.000000791. The van der Waals surface area contributed by atoms with Crippen LogP contribution >= 0.6 is 0 Å². The Bertz CT molecular complexity index is 171. The summed E-state index contributed by atoms with van der Waals surface area (Å²) < 4.78 is 5.24. The van der Waals surface area contributed by atoms with Crippen LogP contribution in [0.1, 0.15) is 40.5 Å². The van der Waals surface area contributed by atoms with E-state index in [0.717, 1.165) is 12.8 Å². The van der Waals surface area contributed by atoms with Crippen LogP contribution in [0.15, 0.2) is 0 Å². The molecular formula is C11H23NO2. The van der Waals surface area contributed by atoms with Crippen LogP contribution in [0.4, 0.5) is 0 Å². The van der Waals surface area contributed by atoms with Crippen LogP contribution in [0.25, 0.3) is 0 Å². The maximum Gasteiger partial charge on any atom is 0.217 e. The number of nitrogens with one attached hydrogen (secondary N) is 1. The Morgan fingerprint density at radius 3 is 2.29 bits per heavy atom. The third kappa shape index (κ3) is 4.09. The molecule has 1 N–H and O–H groups in total. The van der Waals surface area contributed by atoms with Gasteiger partial charge < -0.3 is 10.1 Å². The smallest absolute Gasteiger partial charge is 0.217 e. The number of hydrogen-bond acceptors (Lipinski definition) is 2. The minimum atomic E-state index is 0.0589. The number of amides is 1. The second-order valence-electron chi connectivity index (χ2n) is 3.61. The molecule has 0 radical (unpaired) electrons. The molecule has 0 heterocycles. The maximum atomic E-state index is 10.8. The first kappa shape index (κ1) is 13.4. The zero-order valence-corrected chi connectivity index (χ0v) is 9.96. The Kier molecular flexibility index (Phi) is 6.54. The largest absolute Gasteiger partial charge is 0.381 e. The summed E-state index contributed by atoms with van der Waals surface area (Å²) in [6.07, 6.45) is 2.34. The molecule has 3 nitrogen and oxygen atoms in total. The Hall–Kier alpha value is -0.570. The number of ether oxygens (including phenoxy) is 1. The fourth-order valence-corrected chi connectivity index (χ4v) is 1.85. The Morgan fingerprint density at radius 1 is 1.36 bits per heavy atom. The van der Waals surface area contributed by atoms with Crippen molar-refractivity contribution in [1.82, 2.24) is 5.32 Å². The second kappa shape index (κ2) is 6.82. The van der Waals surface area contributed by atoms with Gasteiger partial charge in [0.25, 0.3) is 0 Å². The summed E-state index contributed by atoms with van der Waals surface area (Å²) in [5.41, 5.74) is 0. The first-order valence-electron chi connectivity index (χ1n) is 5.43. The predicted octanol–water partition coefficient (Wildman–Crippen LogP) is 1.96. The standard InChI is InChI=1S/C9H17NO2.C2H6/c1-6-4-8(12-3)5-9(6)10-7(2)11;1-2/h6,8-9H,4-5H2,1-3H3,(H,10,11);1-2H3/t6-,8-,9+;/m1./s1. The molecule has 0 aromatic heterocycles. The van der Waals surface area contributed by atoms with E-state index in [1.54, 1.807) is 14.0 Å². The third-order valence-corrected chi connectivity index (χ3v) is 2.56. The van der Waals surface area contributed by atoms with E-state index in [0.29, 0.717) is 18.1 Å². The number of methoxy groups -OCH3 is 1. The van der Waals surface area contributed by atoms with Crippen LogP contribution < -0.4 is 5.32 Å². The van der Waals surface area contributed by atoms with Crippen molar-refractivity contribution in [1.29, 1.82) is 0 Å². The highest BCUT2D eigenvalue weighted by atomic mass is 16.5. The van der Waals surface area contributed by atoms with Gasteiger partial charge in [-0.1, -0.05) is 20.8 Å². The number of rotatable bonds is 2. The SMILES string of the molecule is CC.CO[C@@H]1C[C@@H](C)[C@@H](NC(C)=O)C1. The first-order valence-corrected chi connectivity index (χ1v) is 5.43. The molecule has 0 aliphatic heterocycles. The molecule has 0 spiro atoms. The average molecular weight is 201 g/mol. The zero-order valence-electron chi connectivity index (χ0n) is 9.96. The number of hydrogen-bond donors (Lipinski definition) is 1. The summed E-state index contributed by atoms with van der Waals surface area (Å²) in [6, 6.07) is 0.312. The van der Waals surface area contributed by atoms with Gasteiger partial charge in [-0.2, -0.15) is 0 Å². The first-order chi connectivity index (χ1) is 6.63. The van der Waals surface area contributed by atoms with E-state index in [2.05, 4.69) is 12.2 Å². The van der Waals surface area contributed by atoms with Crippen LogP contribution in [0.3, 0.4) is 0 Å². The van der Waals surface area contributed by atoms with Crippen molar-refractivity contribution in [2.24, 2.45) is 5.92 Å². The lowest BCUT2D eigenvalue weighted by Crippen LogP contribution is -2.35. The average Bonchev–Trinajstić information content (AvgIpc) is 2.50. The molecule has 0 aromatic carbocycles. The predicted molar refractivity (Wildman–Crippen MR) is 58.1 cm³/mol. The summed E-state index contributed by atoms with van der Waals surface area (Å²) >= 11 is 0. The van der Waals surface area contributed by atoms with E-state index < -0.39 is 0 Å². The van der Waals surface area contributed by atoms with Crippen molar-refractivity contribution in [3.8, 4) is 0 Å². The zero-order chi connectivity index (χ0) is 11.1. The molecule has 1 fully saturated rings. The van der Waals surface area contributed by atoms with Gasteiger partial charge >= 0.3 is 0 Å². The second-order valence-corrected chi connectivity index (χ2v) is 3.61. The van der Waals surface area contributed by atoms with Crippen molar-refractivity contribution in [3.63, 3.8) is 0 Å². The van der Waals surface area contributed by atoms with Crippen molar-refractivity contribution >= 4 is 5.91 Å². The molecule has 84 valence electrons. The topological polar surface area (TPSA) is 38.3 Å². The highest BCUT2D eigenvalue weighted by Gasteiger charge is 2.31. The molecular weight excluding hydrogens is 178 g/mol. The van der Waals surface area contributed by atoms with Gasteiger partial charge in [0.05, 0.1) is 6.10 Å². The van der Waals surface area contributed by atoms with Gasteiger partial charge in [0, 0.05) is 20.1 Å². The van der Waals surface area contributed by atoms with Gasteiger partial charge in [0.1, 0.15) is 0 Å². The van der Waals surface area contributed by atoms with Crippen LogP contribution in [0.2, 0.25) is 0 Å². The van der Waals surface area contributed by atoms with E-state index in [1.807, 2.05) is 13.8 Å². The van der Waals surface area contributed by atoms with Gasteiger partial charge in [-0.05, 0) is 18.8 Å². The summed E-state index contributed by atoms with van der Waals surface area (Å²) in [5.74, 6) is 0.599. The van der Waals surface area contributed by atoms with Crippen LogP contribution in [0.5, 0.6) is 0 Å². The molecule has 3 atom stereocenters. The Morgan fingerprint density at radius 2 is 1.93 bits per heavy atom. The van der Waals surface area contributed by atoms with E-state index >= 15 is 0 Å².